The maximum absolute atomic E-state index is 5.80. The van der Waals surface area contributed by atoms with Gasteiger partial charge in [0, 0.05) is 29.9 Å². The molecule has 1 atom stereocenters. The molecular weight excluding hydrogens is 218 g/mol. The van der Waals surface area contributed by atoms with Crippen LogP contribution in [0.3, 0.4) is 0 Å². The Kier molecular flexibility index (Phi) is 6.53. The molecule has 0 aromatic heterocycles. The third-order valence-electron chi connectivity index (χ3n) is 2.31. The predicted molar refractivity (Wildman–Crippen MR) is 70.9 cm³/mol. The van der Waals surface area contributed by atoms with E-state index in [1.807, 2.05) is 25.6 Å². The first kappa shape index (κ1) is 13.6. The highest BCUT2D eigenvalue weighted by Crippen LogP contribution is 2.20. The first-order chi connectivity index (χ1) is 7.74. The summed E-state index contributed by atoms with van der Waals surface area (Å²) >= 11 is 1.87. The highest BCUT2D eigenvalue weighted by Gasteiger charge is 1.99. The minimum absolute atomic E-state index is 0.122. The molecule has 0 aliphatic heterocycles. The van der Waals surface area contributed by atoms with E-state index in [0.29, 0.717) is 0 Å². The Morgan fingerprint density at radius 1 is 1.31 bits per heavy atom. The van der Waals surface area contributed by atoms with Gasteiger partial charge in [-0.2, -0.15) is 0 Å². The van der Waals surface area contributed by atoms with Gasteiger partial charge in [-0.1, -0.05) is 12.1 Å². The Morgan fingerprint density at radius 2 is 2.00 bits per heavy atom. The second kappa shape index (κ2) is 7.71. The molecule has 0 spiro atoms. The molecule has 2 N–H and O–H groups in total. The average molecular weight is 239 g/mol. The normalized spacial score (nSPS) is 12.7. The molecule has 1 aromatic rings. The van der Waals surface area contributed by atoms with Crippen LogP contribution in [0.2, 0.25) is 0 Å². The number of hydrogen-bond donors (Lipinski definition) is 1. The summed E-state index contributed by atoms with van der Waals surface area (Å²) in [4.78, 5) is 1.31. The first-order valence-corrected chi connectivity index (χ1v) is 6.78. The van der Waals surface area contributed by atoms with Crippen molar-refractivity contribution in [2.45, 2.75) is 31.2 Å². The molecule has 0 radical (unpaired) electrons. The summed E-state index contributed by atoms with van der Waals surface area (Å²) in [6.07, 6.45) is 1.10. The van der Waals surface area contributed by atoms with Crippen molar-refractivity contribution in [3.63, 3.8) is 0 Å². The fraction of sp³-hybridized carbons (Fsp3) is 0.538. The lowest BCUT2D eigenvalue weighted by molar-refractivity contribution is 0.149. The molecule has 1 aromatic carbocycles. The quantitative estimate of drug-likeness (QED) is 0.586. The maximum atomic E-state index is 5.80. The highest BCUT2D eigenvalue weighted by molar-refractivity contribution is 7.99. The zero-order chi connectivity index (χ0) is 11.8. The van der Waals surface area contributed by atoms with Gasteiger partial charge in [-0.15, -0.1) is 11.8 Å². The Balaban J connectivity index is 2.27. The minimum atomic E-state index is 0.122. The molecule has 0 heterocycles. The standard InChI is InChI=1S/C13H21NOS/c1-3-15-9-4-10-16-13-7-5-12(6-8-13)11(2)14/h5-8,11H,3-4,9-10,14H2,1-2H3. The summed E-state index contributed by atoms with van der Waals surface area (Å²) in [6, 6.07) is 8.62. The third kappa shape index (κ3) is 5.01. The van der Waals surface area contributed by atoms with Gasteiger partial charge in [0.2, 0.25) is 0 Å². The first-order valence-electron chi connectivity index (χ1n) is 5.80. The molecule has 1 unspecified atom stereocenters. The average Bonchev–Trinajstić information content (AvgIpc) is 2.29. The van der Waals surface area contributed by atoms with E-state index < -0.39 is 0 Å². The van der Waals surface area contributed by atoms with E-state index in [9.17, 15) is 0 Å². The second-order valence-electron chi connectivity index (χ2n) is 3.76. The van der Waals surface area contributed by atoms with Crippen molar-refractivity contribution < 1.29 is 4.74 Å². The van der Waals surface area contributed by atoms with Gasteiger partial charge in [-0.3, -0.25) is 0 Å². The zero-order valence-electron chi connectivity index (χ0n) is 10.1. The lowest BCUT2D eigenvalue weighted by Crippen LogP contribution is -2.04. The zero-order valence-corrected chi connectivity index (χ0v) is 10.9. The number of benzene rings is 1. The van der Waals surface area contributed by atoms with Crippen LogP contribution < -0.4 is 5.73 Å². The van der Waals surface area contributed by atoms with Crippen LogP contribution >= 0.6 is 11.8 Å². The van der Waals surface area contributed by atoms with Crippen LogP contribution in [0.1, 0.15) is 31.9 Å². The molecule has 0 aliphatic rings. The van der Waals surface area contributed by atoms with E-state index in [1.165, 1.54) is 10.5 Å². The summed E-state index contributed by atoms with van der Waals surface area (Å²) in [5.74, 6) is 1.11. The molecule has 0 saturated carbocycles. The van der Waals surface area contributed by atoms with Crippen molar-refractivity contribution in [1.29, 1.82) is 0 Å². The lowest BCUT2D eigenvalue weighted by atomic mass is 10.1. The minimum Gasteiger partial charge on any atom is -0.382 e. The number of hydrogen-bond acceptors (Lipinski definition) is 3. The van der Waals surface area contributed by atoms with E-state index in [2.05, 4.69) is 24.3 Å². The molecule has 0 saturated heterocycles. The number of thioether (sulfide) groups is 1. The highest BCUT2D eigenvalue weighted by atomic mass is 32.2. The number of ether oxygens (including phenoxy) is 1. The van der Waals surface area contributed by atoms with E-state index in [-0.39, 0.29) is 6.04 Å². The SMILES string of the molecule is CCOCCCSc1ccc(C(C)N)cc1. The van der Waals surface area contributed by atoms with Crippen molar-refractivity contribution >= 4 is 11.8 Å². The van der Waals surface area contributed by atoms with Crippen LogP contribution in [0.5, 0.6) is 0 Å². The summed E-state index contributed by atoms with van der Waals surface area (Å²) in [5, 5.41) is 0. The van der Waals surface area contributed by atoms with Gasteiger partial charge in [0.05, 0.1) is 0 Å². The molecule has 2 nitrogen and oxygen atoms in total. The predicted octanol–water partition coefficient (Wildman–Crippen LogP) is 3.23. The van der Waals surface area contributed by atoms with Crippen molar-refractivity contribution in [1.82, 2.24) is 0 Å². The molecule has 0 fully saturated rings. The molecule has 1 rings (SSSR count). The second-order valence-corrected chi connectivity index (χ2v) is 4.92. The van der Waals surface area contributed by atoms with Gasteiger partial charge in [0.15, 0.2) is 0 Å². The smallest absolute Gasteiger partial charge is 0.0473 e. The molecular formula is C13H21NOS. The summed E-state index contributed by atoms with van der Waals surface area (Å²) < 4.78 is 5.29. The summed E-state index contributed by atoms with van der Waals surface area (Å²) in [7, 11) is 0. The Morgan fingerprint density at radius 3 is 2.56 bits per heavy atom. The van der Waals surface area contributed by atoms with Crippen LogP contribution in [0.15, 0.2) is 29.2 Å². The van der Waals surface area contributed by atoms with Gasteiger partial charge in [-0.25, -0.2) is 0 Å². The molecule has 3 heteroatoms. The number of rotatable bonds is 7. The monoisotopic (exact) mass is 239 g/mol. The molecule has 90 valence electrons. The van der Waals surface area contributed by atoms with Gasteiger partial charge in [-0.05, 0) is 38.0 Å². The Labute approximate surface area is 103 Å². The summed E-state index contributed by atoms with van der Waals surface area (Å²) in [6.45, 7) is 5.71. The van der Waals surface area contributed by atoms with Crippen molar-refractivity contribution in [3.8, 4) is 0 Å². The van der Waals surface area contributed by atoms with Crippen molar-refractivity contribution in [3.05, 3.63) is 29.8 Å². The fourth-order valence-corrected chi connectivity index (χ4v) is 2.19. The summed E-state index contributed by atoms with van der Waals surface area (Å²) in [5.41, 5.74) is 6.99. The Hall–Kier alpha value is -0.510. The van der Waals surface area contributed by atoms with Gasteiger partial charge < -0.3 is 10.5 Å². The van der Waals surface area contributed by atoms with E-state index in [0.717, 1.165) is 25.4 Å². The molecule has 0 aliphatic carbocycles. The largest absolute Gasteiger partial charge is 0.382 e. The topological polar surface area (TPSA) is 35.2 Å². The maximum Gasteiger partial charge on any atom is 0.0473 e. The van der Waals surface area contributed by atoms with Crippen LogP contribution in [0.4, 0.5) is 0 Å². The van der Waals surface area contributed by atoms with E-state index >= 15 is 0 Å². The third-order valence-corrected chi connectivity index (χ3v) is 3.41. The fourth-order valence-electron chi connectivity index (χ4n) is 1.36. The van der Waals surface area contributed by atoms with Gasteiger partial charge in [0.25, 0.3) is 0 Å². The van der Waals surface area contributed by atoms with Crippen LogP contribution in [-0.4, -0.2) is 19.0 Å². The van der Waals surface area contributed by atoms with Crippen LogP contribution in [0.25, 0.3) is 0 Å². The van der Waals surface area contributed by atoms with Gasteiger partial charge >= 0.3 is 0 Å². The number of nitrogens with two attached hydrogens (primary N) is 1. The van der Waals surface area contributed by atoms with Gasteiger partial charge in [0.1, 0.15) is 0 Å². The molecule has 16 heavy (non-hydrogen) atoms. The van der Waals surface area contributed by atoms with E-state index in [4.69, 9.17) is 10.5 Å². The van der Waals surface area contributed by atoms with E-state index in [1.54, 1.807) is 0 Å². The van der Waals surface area contributed by atoms with Crippen LogP contribution in [-0.2, 0) is 4.74 Å². The molecule has 0 amide bonds. The Bertz CT molecular complexity index is 284. The van der Waals surface area contributed by atoms with Crippen LogP contribution in [0, 0.1) is 0 Å². The van der Waals surface area contributed by atoms with Crippen molar-refractivity contribution in [2.75, 3.05) is 19.0 Å². The van der Waals surface area contributed by atoms with Crippen molar-refractivity contribution in [2.24, 2.45) is 5.73 Å². The lowest BCUT2D eigenvalue weighted by Gasteiger charge is -2.06. The molecule has 0 bridgehead atoms.